The molecule has 1 heterocycles. The van der Waals surface area contributed by atoms with E-state index in [1.807, 2.05) is 6.92 Å². The highest BCUT2D eigenvalue weighted by Gasteiger charge is 2.21. The first-order chi connectivity index (χ1) is 7.47. The van der Waals surface area contributed by atoms with E-state index in [4.69, 9.17) is 0 Å². The first-order valence-electron chi connectivity index (χ1n) is 5.10. The minimum atomic E-state index is -3.85. The van der Waals surface area contributed by atoms with Crippen LogP contribution < -0.4 is 4.72 Å². The smallest absolute Gasteiger partial charge is 0.241 e. The third-order valence-electron chi connectivity index (χ3n) is 2.06. The molecule has 0 amide bonds. The Morgan fingerprint density at radius 2 is 2.25 bits per heavy atom. The van der Waals surface area contributed by atoms with E-state index >= 15 is 0 Å². The highest BCUT2D eigenvalue weighted by Crippen LogP contribution is 2.11. The maximum absolute atomic E-state index is 13.2. The van der Waals surface area contributed by atoms with E-state index in [0.717, 1.165) is 12.5 Å². The molecule has 0 spiro atoms. The Morgan fingerprint density at radius 1 is 1.56 bits per heavy atom. The van der Waals surface area contributed by atoms with E-state index in [1.54, 1.807) is 6.92 Å². The predicted octanol–water partition coefficient (Wildman–Crippen LogP) is 1.69. The van der Waals surface area contributed by atoms with Gasteiger partial charge in [0, 0.05) is 12.2 Å². The van der Waals surface area contributed by atoms with Gasteiger partial charge in [0.15, 0.2) is 5.82 Å². The lowest BCUT2D eigenvalue weighted by Crippen LogP contribution is -2.33. The lowest BCUT2D eigenvalue weighted by molar-refractivity contribution is 0.523. The van der Waals surface area contributed by atoms with E-state index < -0.39 is 20.9 Å². The predicted molar refractivity (Wildman–Crippen MR) is 58.9 cm³/mol. The average Bonchev–Trinajstić information content (AvgIpc) is 2.17. The third-order valence-corrected chi connectivity index (χ3v) is 3.58. The molecular weight excluding hydrogens is 231 g/mol. The number of hydrogen-bond donors (Lipinski definition) is 1. The second kappa shape index (κ2) is 5.36. The second-order valence-electron chi connectivity index (χ2n) is 3.60. The van der Waals surface area contributed by atoms with Gasteiger partial charge in [-0.3, -0.25) is 0 Å². The minimum absolute atomic E-state index is 0.226. The highest BCUT2D eigenvalue weighted by atomic mass is 32.2. The summed E-state index contributed by atoms with van der Waals surface area (Å²) in [7, 11) is -3.85. The van der Waals surface area contributed by atoms with Gasteiger partial charge < -0.3 is 0 Å². The van der Waals surface area contributed by atoms with Gasteiger partial charge >= 0.3 is 0 Å². The van der Waals surface area contributed by atoms with Crippen molar-refractivity contribution in [2.45, 2.75) is 37.8 Å². The van der Waals surface area contributed by atoms with Gasteiger partial charge in [-0.2, -0.15) is 0 Å². The van der Waals surface area contributed by atoms with Gasteiger partial charge in [-0.25, -0.2) is 22.5 Å². The summed E-state index contributed by atoms with van der Waals surface area (Å²) in [5.41, 5.74) is 0. The molecule has 1 aromatic rings. The topological polar surface area (TPSA) is 59.1 Å². The van der Waals surface area contributed by atoms with E-state index in [1.165, 1.54) is 12.3 Å². The van der Waals surface area contributed by atoms with Gasteiger partial charge in [-0.05, 0) is 25.5 Å². The van der Waals surface area contributed by atoms with Crippen molar-refractivity contribution in [3.8, 4) is 0 Å². The Morgan fingerprint density at radius 3 is 2.81 bits per heavy atom. The van der Waals surface area contributed by atoms with Gasteiger partial charge in [0.25, 0.3) is 10.0 Å². The van der Waals surface area contributed by atoms with Crippen LogP contribution in [0.15, 0.2) is 23.4 Å². The summed E-state index contributed by atoms with van der Waals surface area (Å²) in [6, 6.07) is 2.20. The molecule has 0 aliphatic rings. The average molecular weight is 246 g/mol. The van der Waals surface area contributed by atoms with Crippen LogP contribution in [-0.4, -0.2) is 19.4 Å². The summed E-state index contributed by atoms with van der Waals surface area (Å²) in [6.07, 6.45) is 2.81. The number of hydrogen-bond acceptors (Lipinski definition) is 3. The van der Waals surface area contributed by atoms with Crippen molar-refractivity contribution < 1.29 is 12.8 Å². The van der Waals surface area contributed by atoms with Crippen LogP contribution in [-0.2, 0) is 10.0 Å². The number of rotatable bonds is 5. The van der Waals surface area contributed by atoms with Crippen LogP contribution in [0.2, 0.25) is 0 Å². The molecule has 0 bridgehead atoms. The molecule has 6 heteroatoms. The van der Waals surface area contributed by atoms with Crippen LogP contribution in [0.5, 0.6) is 0 Å². The Labute approximate surface area is 95.0 Å². The molecular formula is C10H15FN2O2S. The van der Waals surface area contributed by atoms with Gasteiger partial charge in [0.05, 0.1) is 0 Å². The largest absolute Gasteiger partial charge is 0.261 e. The quantitative estimate of drug-likeness (QED) is 0.860. The maximum atomic E-state index is 13.2. The molecule has 0 saturated carbocycles. The minimum Gasteiger partial charge on any atom is -0.241 e. The van der Waals surface area contributed by atoms with Crippen LogP contribution in [0, 0.1) is 5.82 Å². The van der Waals surface area contributed by atoms with Crippen molar-refractivity contribution in [3.05, 3.63) is 24.1 Å². The zero-order valence-corrected chi connectivity index (χ0v) is 10.1. The van der Waals surface area contributed by atoms with Crippen molar-refractivity contribution in [2.75, 3.05) is 0 Å². The lowest BCUT2D eigenvalue weighted by atomic mass is 10.2. The van der Waals surface area contributed by atoms with Crippen molar-refractivity contribution in [3.63, 3.8) is 0 Å². The molecule has 0 aromatic carbocycles. The Balaban J connectivity index is 2.91. The zero-order valence-electron chi connectivity index (χ0n) is 9.27. The molecule has 1 unspecified atom stereocenters. The summed E-state index contributed by atoms with van der Waals surface area (Å²) in [4.78, 5) is 3.54. The SMILES string of the molecule is CCCC(C)NS(=O)(=O)c1ncccc1F. The number of nitrogens with one attached hydrogen (secondary N) is 1. The van der Waals surface area contributed by atoms with E-state index in [2.05, 4.69) is 9.71 Å². The highest BCUT2D eigenvalue weighted by molar-refractivity contribution is 7.89. The zero-order chi connectivity index (χ0) is 12.2. The molecule has 1 N–H and O–H groups in total. The normalized spacial score (nSPS) is 13.7. The molecule has 0 radical (unpaired) electrons. The molecule has 0 saturated heterocycles. The number of halogens is 1. The van der Waals surface area contributed by atoms with Crippen molar-refractivity contribution in [1.82, 2.24) is 9.71 Å². The number of aromatic nitrogens is 1. The molecule has 0 aliphatic carbocycles. The summed E-state index contributed by atoms with van der Waals surface area (Å²) in [5, 5.41) is -0.544. The molecule has 16 heavy (non-hydrogen) atoms. The molecule has 1 atom stereocenters. The first kappa shape index (κ1) is 13.1. The summed E-state index contributed by atoms with van der Waals surface area (Å²) >= 11 is 0. The first-order valence-corrected chi connectivity index (χ1v) is 6.58. The second-order valence-corrected chi connectivity index (χ2v) is 5.23. The third kappa shape index (κ3) is 3.24. The van der Waals surface area contributed by atoms with Crippen LogP contribution in [0.4, 0.5) is 4.39 Å². The lowest BCUT2D eigenvalue weighted by Gasteiger charge is -2.12. The number of nitrogens with zero attached hydrogens (tertiary/aromatic N) is 1. The molecule has 4 nitrogen and oxygen atoms in total. The summed E-state index contributed by atoms with van der Waals surface area (Å²) < 4.78 is 39.1. The standard InChI is InChI=1S/C10H15FN2O2S/c1-3-5-8(2)13-16(14,15)10-9(11)6-4-7-12-10/h4,6-8,13H,3,5H2,1-2H3. The van der Waals surface area contributed by atoms with Crippen molar-refractivity contribution >= 4 is 10.0 Å². The van der Waals surface area contributed by atoms with E-state index in [0.29, 0.717) is 6.42 Å². The molecule has 0 aliphatic heterocycles. The van der Waals surface area contributed by atoms with Crippen LogP contribution in [0.25, 0.3) is 0 Å². The van der Waals surface area contributed by atoms with Gasteiger partial charge in [0.1, 0.15) is 0 Å². The maximum Gasteiger partial charge on any atom is 0.261 e. The Kier molecular flexibility index (Phi) is 4.37. The van der Waals surface area contributed by atoms with Crippen molar-refractivity contribution in [2.24, 2.45) is 0 Å². The van der Waals surface area contributed by atoms with Crippen LogP contribution >= 0.6 is 0 Å². The van der Waals surface area contributed by atoms with Gasteiger partial charge in [-0.1, -0.05) is 13.3 Å². The monoisotopic (exact) mass is 246 g/mol. The van der Waals surface area contributed by atoms with E-state index in [9.17, 15) is 12.8 Å². The van der Waals surface area contributed by atoms with Gasteiger partial charge in [0.2, 0.25) is 5.03 Å². The molecule has 1 aromatic heterocycles. The molecule has 1 rings (SSSR count). The van der Waals surface area contributed by atoms with Crippen molar-refractivity contribution in [1.29, 1.82) is 0 Å². The number of sulfonamides is 1. The summed E-state index contributed by atoms with van der Waals surface area (Å²) in [6.45, 7) is 3.69. The Hall–Kier alpha value is -1.01. The van der Waals surface area contributed by atoms with Crippen LogP contribution in [0.3, 0.4) is 0 Å². The van der Waals surface area contributed by atoms with E-state index in [-0.39, 0.29) is 6.04 Å². The molecule has 90 valence electrons. The Bertz CT molecular complexity index is 448. The fraction of sp³-hybridized carbons (Fsp3) is 0.500. The van der Waals surface area contributed by atoms with Gasteiger partial charge in [-0.15, -0.1) is 0 Å². The van der Waals surface area contributed by atoms with Crippen LogP contribution in [0.1, 0.15) is 26.7 Å². The fourth-order valence-electron chi connectivity index (χ4n) is 1.38. The number of pyridine rings is 1. The summed E-state index contributed by atoms with van der Waals surface area (Å²) in [5.74, 6) is -0.835. The molecule has 0 fully saturated rings. The fourth-order valence-corrected chi connectivity index (χ4v) is 2.67.